The number of alkyl halides is 8. The van der Waals surface area contributed by atoms with Gasteiger partial charge in [0.2, 0.25) is 0 Å². The van der Waals surface area contributed by atoms with Gasteiger partial charge in [-0.15, -0.1) is 0 Å². The van der Waals surface area contributed by atoms with Gasteiger partial charge in [0.15, 0.2) is 0 Å². The summed E-state index contributed by atoms with van der Waals surface area (Å²) in [5, 5.41) is 8.89. The van der Waals surface area contributed by atoms with Crippen molar-refractivity contribution in [1.82, 2.24) is 0 Å². The third kappa shape index (κ3) is 2.89. The minimum absolute atomic E-state index is 0.0920. The number of hydrogen-bond donors (Lipinski definition) is 0. The highest BCUT2D eigenvalue weighted by molar-refractivity contribution is 5.70. The van der Waals surface area contributed by atoms with E-state index in [9.17, 15) is 26.3 Å². The number of benzene rings is 3. The molecular formula is C23H11F8N. The summed E-state index contributed by atoms with van der Waals surface area (Å²) >= 11 is 0. The summed E-state index contributed by atoms with van der Waals surface area (Å²) < 4.78 is 119. The zero-order valence-electron chi connectivity index (χ0n) is 15.8. The Morgan fingerprint density at radius 3 is 1.47 bits per heavy atom. The van der Waals surface area contributed by atoms with Gasteiger partial charge in [0, 0.05) is 22.3 Å². The Labute approximate surface area is 176 Å². The second-order valence-electron chi connectivity index (χ2n) is 7.32. The molecule has 0 spiro atoms. The van der Waals surface area contributed by atoms with Gasteiger partial charge >= 0.3 is 23.7 Å². The lowest BCUT2D eigenvalue weighted by molar-refractivity contribution is -0.227. The molecule has 0 amide bonds. The lowest BCUT2D eigenvalue weighted by atomic mass is 9.84. The molecule has 0 unspecified atom stereocenters. The maximum atomic E-state index is 15.2. The fourth-order valence-electron chi connectivity index (χ4n) is 3.58. The minimum atomic E-state index is -4.88. The summed E-state index contributed by atoms with van der Waals surface area (Å²) in [6, 6.07) is 8.42. The summed E-state index contributed by atoms with van der Waals surface area (Å²) in [6.07, 6.45) is 0. The first-order valence-corrected chi connectivity index (χ1v) is 9.12. The Bertz CT molecular complexity index is 1220. The molecule has 0 saturated carbocycles. The highest BCUT2D eigenvalue weighted by atomic mass is 19.3. The number of hydrogen-bond acceptors (Lipinski definition) is 1. The minimum Gasteiger partial charge on any atom is -0.194 e. The predicted molar refractivity (Wildman–Crippen MR) is 98.6 cm³/mol. The van der Waals surface area contributed by atoms with Crippen molar-refractivity contribution in [3.63, 3.8) is 0 Å². The van der Waals surface area contributed by atoms with Crippen LogP contribution in [0.5, 0.6) is 0 Å². The van der Waals surface area contributed by atoms with Gasteiger partial charge in [0.05, 0.1) is 11.6 Å². The quantitative estimate of drug-likeness (QED) is 0.355. The summed E-state index contributed by atoms with van der Waals surface area (Å²) in [5.41, 5.74) is -6.15. The van der Waals surface area contributed by atoms with Crippen LogP contribution in [0.3, 0.4) is 0 Å². The van der Waals surface area contributed by atoms with Crippen LogP contribution in [-0.2, 0) is 23.7 Å². The molecular weight excluding hydrogens is 442 g/mol. The van der Waals surface area contributed by atoms with Crippen molar-refractivity contribution in [3.8, 4) is 17.2 Å². The molecule has 0 saturated heterocycles. The molecule has 0 fully saturated rings. The van der Waals surface area contributed by atoms with E-state index in [2.05, 4.69) is 0 Å². The molecule has 32 heavy (non-hydrogen) atoms. The fraction of sp³-hybridized carbons (Fsp3) is 0.174. The van der Waals surface area contributed by atoms with Crippen LogP contribution in [0.1, 0.15) is 27.8 Å². The molecule has 3 aromatic carbocycles. The van der Waals surface area contributed by atoms with Crippen molar-refractivity contribution >= 4 is 0 Å². The summed E-state index contributed by atoms with van der Waals surface area (Å²) in [5.74, 6) is -19.4. The molecule has 4 bridgehead atoms. The van der Waals surface area contributed by atoms with Crippen LogP contribution in [0.15, 0.2) is 66.7 Å². The van der Waals surface area contributed by atoms with Gasteiger partial charge in [-0.25, -0.2) is 0 Å². The van der Waals surface area contributed by atoms with E-state index >= 15 is 8.78 Å². The number of rotatable bonds is 1. The fourth-order valence-corrected chi connectivity index (χ4v) is 3.58. The van der Waals surface area contributed by atoms with Crippen LogP contribution in [0, 0.1) is 11.3 Å². The van der Waals surface area contributed by atoms with Crippen molar-refractivity contribution in [1.29, 1.82) is 5.26 Å². The van der Waals surface area contributed by atoms with Crippen molar-refractivity contribution < 1.29 is 35.1 Å². The lowest BCUT2D eigenvalue weighted by Crippen LogP contribution is -2.39. The first-order chi connectivity index (χ1) is 14.8. The van der Waals surface area contributed by atoms with E-state index in [-0.39, 0.29) is 11.1 Å². The molecule has 9 heteroatoms. The van der Waals surface area contributed by atoms with E-state index in [1.54, 1.807) is 6.07 Å². The molecule has 7 rings (SSSR count). The van der Waals surface area contributed by atoms with Gasteiger partial charge in [-0.1, -0.05) is 48.5 Å². The number of nitrogens with zero attached hydrogens (tertiary/aromatic N) is 1. The molecule has 0 N–H and O–H groups in total. The van der Waals surface area contributed by atoms with Gasteiger partial charge in [0.25, 0.3) is 0 Å². The average molecular weight is 453 g/mol. The van der Waals surface area contributed by atoms with Crippen LogP contribution >= 0.6 is 0 Å². The molecule has 0 radical (unpaired) electrons. The Kier molecular flexibility index (Phi) is 4.63. The van der Waals surface area contributed by atoms with Crippen molar-refractivity contribution in [2.45, 2.75) is 23.7 Å². The van der Waals surface area contributed by atoms with Crippen LogP contribution in [0.2, 0.25) is 0 Å². The van der Waals surface area contributed by atoms with Gasteiger partial charge < -0.3 is 0 Å². The second-order valence-corrected chi connectivity index (χ2v) is 7.32. The highest BCUT2D eigenvalue weighted by Crippen LogP contribution is 2.56. The summed E-state index contributed by atoms with van der Waals surface area (Å²) in [6.45, 7) is 0. The molecule has 3 aromatic rings. The van der Waals surface area contributed by atoms with E-state index in [4.69, 9.17) is 5.26 Å². The van der Waals surface area contributed by atoms with Crippen molar-refractivity contribution in [3.05, 3.63) is 94.5 Å². The monoisotopic (exact) mass is 453 g/mol. The van der Waals surface area contributed by atoms with Crippen LogP contribution in [0.4, 0.5) is 35.1 Å². The third-order valence-corrected chi connectivity index (χ3v) is 5.44. The molecule has 0 heterocycles. The van der Waals surface area contributed by atoms with E-state index in [0.717, 1.165) is 24.3 Å². The second kappa shape index (κ2) is 6.79. The van der Waals surface area contributed by atoms with Gasteiger partial charge in [-0.2, -0.15) is 40.4 Å². The Morgan fingerprint density at radius 2 is 0.969 bits per heavy atom. The van der Waals surface area contributed by atoms with E-state index < -0.39 is 51.5 Å². The lowest BCUT2D eigenvalue weighted by Gasteiger charge is -2.33. The SMILES string of the molecule is N#Cc1ccc(-c2cc3ccc2C(F)(F)C(F)(F)c2ccc(cc2)C(F)(F)C3(F)F)cc1. The van der Waals surface area contributed by atoms with E-state index in [0.29, 0.717) is 42.5 Å². The number of nitriles is 1. The van der Waals surface area contributed by atoms with Gasteiger partial charge in [-0.05, 0) is 29.3 Å². The largest absolute Gasteiger partial charge is 0.340 e. The van der Waals surface area contributed by atoms with E-state index in [1.165, 1.54) is 0 Å². The standard InChI is InChI=1S/C23H11F8N/c24-20(25)15-5-7-16(8-6-15)21(26,27)23(30,31)19-10-9-17(22(20,28)29)11-18(19)14-3-1-13(12-32)2-4-14/h1-11H. The first kappa shape index (κ1) is 21.8. The Morgan fingerprint density at radius 1 is 0.531 bits per heavy atom. The molecule has 0 aliphatic heterocycles. The molecule has 164 valence electrons. The molecule has 0 aromatic heterocycles. The number of halogens is 8. The predicted octanol–water partition coefficient (Wildman–Crippen LogP) is 7.31. The summed E-state index contributed by atoms with van der Waals surface area (Å²) in [4.78, 5) is 0. The third-order valence-electron chi connectivity index (χ3n) is 5.44. The maximum absolute atomic E-state index is 15.2. The highest BCUT2D eigenvalue weighted by Gasteiger charge is 2.62. The topological polar surface area (TPSA) is 23.8 Å². The molecule has 1 nitrogen and oxygen atoms in total. The smallest absolute Gasteiger partial charge is 0.194 e. The zero-order chi connectivity index (χ0) is 23.5. The molecule has 4 aliphatic carbocycles. The van der Waals surface area contributed by atoms with Crippen LogP contribution < -0.4 is 0 Å². The average Bonchev–Trinajstić information content (AvgIpc) is 2.78. The summed E-state index contributed by atoms with van der Waals surface area (Å²) in [7, 11) is 0. The zero-order valence-corrected chi connectivity index (χ0v) is 15.8. The molecule has 0 atom stereocenters. The molecule has 4 aliphatic rings. The van der Waals surface area contributed by atoms with E-state index in [1.807, 2.05) is 0 Å². The first-order valence-electron chi connectivity index (χ1n) is 9.12. The maximum Gasteiger partial charge on any atom is 0.340 e. The normalized spacial score (nSPS) is 19.6. The van der Waals surface area contributed by atoms with Crippen LogP contribution in [-0.4, -0.2) is 0 Å². The Hall–Kier alpha value is -3.41. The van der Waals surface area contributed by atoms with Crippen molar-refractivity contribution in [2.24, 2.45) is 0 Å². The van der Waals surface area contributed by atoms with Gasteiger partial charge in [-0.3, -0.25) is 0 Å². The van der Waals surface area contributed by atoms with Crippen LogP contribution in [0.25, 0.3) is 11.1 Å². The van der Waals surface area contributed by atoms with Gasteiger partial charge in [0.1, 0.15) is 0 Å². The Balaban J connectivity index is 2.09. The van der Waals surface area contributed by atoms with Crippen molar-refractivity contribution in [2.75, 3.05) is 0 Å².